The molecular formula is C13H14BrNO3. The fraction of sp³-hybridized carbons (Fsp3) is 0.308. The van der Waals surface area contributed by atoms with Gasteiger partial charge in [0.2, 0.25) is 0 Å². The van der Waals surface area contributed by atoms with Crippen molar-refractivity contribution in [1.29, 1.82) is 0 Å². The van der Waals surface area contributed by atoms with Crippen LogP contribution in [0.2, 0.25) is 0 Å². The van der Waals surface area contributed by atoms with Gasteiger partial charge in [0.1, 0.15) is 0 Å². The number of nitrogens with zero attached hydrogens (tertiary/aromatic N) is 1. The maximum Gasteiger partial charge on any atom is 0.339 e. The number of rotatable bonds is 3. The molecule has 0 amide bonds. The van der Waals surface area contributed by atoms with Crippen LogP contribution in [0.3, 0.4) is 0 Å². The van der Waals surface area contributed by atoms with Gasteiger partial charge in [-0.1, -0.05) is 12.1 Å². The van der Waals surface area contributed by atoms with Gasteiger partial charge in [0.05, 0.1) is 6.61 Å². The van der Waals surface area contributed by atoms with Gasteiger partial charge in [0, 0.05) is 34.2 Å². The SMILES string of the molecule is CCOC(=O)C(O)c1cccc2c1c(Br)cn2C. The molecule has 1 aromatic heterocycles. The summed E-state index contributed by atoms with van der Waals surface area (Å²) in [6.45, 7) is 1.96. The van der Waals surface area contributed by atoms with Crippen LogP contribution in [-0.2, 0) is 16.6 Å². The number of carbonyl (C=O) groups is 1. The first-order valence-electron chi connectivity index (χ1n) is 5.64. The fourth-order valence-corrected chi connectivity index (χ4v) is 2.73. The van der Waals surface area contributed by atoms with Crippen molar-refractivity contribution in [3.05, 3.63) is 34.4 Å². The number of benzene rings is 1. The monoisotopic (exact) mass is 311 g/mol. The third kappa shape index (κ3) is 2.15. The topological polar surface area (TPSA) is 51.5 Å². The summed E-state index contributed by atoms with van der Waals surface area (Å²) < 4.78 is 7.62. The molecule has 2 rings (SSSR count). The molecule has 1 atom stereocenters. The Morgan fingerprint density at radius 1 is 1.56 bits per heavy atom. The Kier molecular flexibility index (Phi) is 3.73. The Morgan fingerprint density at radius 3 is 2.94 bits per heavy atom. The molecule has 2 aromatic rings. The molecule has 1 N–H and O–H groups in total. The van der Waals surface area contributed by atoms with Crippen molar-refractivity contribution < 1.29 is 14.6 Å². The van der Waals surface area contributed by atoms with E-state index in [9.17, 15) is 9.90 Å². The molecule has 5 heteroatoms. The minimum atomic E-state index is -1.26. The molecule has 0 aliphatic carbocycles. The summed E-state index contributed by atoms with van der Waals surface area (Å²) in [4.78, 5) is 11.6. The summed E-state index contributed by atoms with van der Waals surface area (Å²) in [7, 11) is 1.91. The molecule has 0 spiro atoms. The third-order valence-electron chi connectivity index (χ3n) is 2.80. The predicted octanol–water partition coefficient (Wildman–Crippen LogP) is 2.54. The van der Waals surface area contributed by atoms with Crippen molar-refractivity contribution in [3.63, 3.8) is 0 Å². The number of hydrogen-bond donors (Lipinski definition) is 1. The number of ether oxygens (including phenoxy) is 1. The van der Waals surface area contributed by atoms with Crippen LogP contribution in [0.5, 0.6) is 0 Å². The maximum absolute atomic E-state index is 11.6. The molecule has 0 radical (unpaired) electrons. The molecule has 0 bridgehead atoms. The molecule has 18 heavy (non-hydrogen) atoms. The molecule has 0 saturated heterocycles. The first-order chi connectivity index (χ1) is 8.56. The van der Waals surface area contributed by atoms with E-state index in [-0.39, 0.29) is 6.61 Å². The molecule has 96 valence electrons. The minimum Gasteiger partial charge on any atom is -0.464 e. The number of aromatic nitrogens is 1. The van der Waals surface area contributed by atoms with E-state index in [1.165, 1.54) is 0 Å². The van der Waals surface area contributed by atoms with E-state index in [2.05, 4.69) is 15.9 Å². The van der Waals surface area contributed by atoms with E-state index >= 15 is 0 Å². The van der Waals surface area contributed by atoms with Crippen LogP contribution in [0.15, 0.2) is 28.9 Å². The molecule has 0 saturated carbocycles. The molecule has 1 unspecified atom stereocenters. The molecule has 0 aliphatic heterocycles. The lowest BCUT2D eigenvalue weighted by atomic mass is 10.0. The lowest BCUT2D eigenvalue weighted by Gasteiger charge is -2.11. The second kappa shape index (κ2) is 5.12. The average Bonchev–Trinajstić information content (AvgIpc) is 2.65. The Bertz CT molecular complexity index is 591. The number of hydrogen-bond acceptors (Lipinski definition) is 3. The Balaban J connectivity index is 2.54. The van der Waals surface area contributed by atoms with Crippen molar-refractivity contribution in [2.24, 2.45) is 7.05 Å². The van der Waals surface area contributed by atoms with Crippen molar-refractivity contribution >= 4 is 32.8 Å². The zero-order chi connectivity index (χ0) is 13.3. The lowest BCUT2D eigenvalue weighted by molar-refractivity contribution is -0.153. The van der Waals surface area contributed by atoms with E-state index in [4.69, 9.17) is 4.74 Å². The Hall–Kier alpha value is -1.33. The van der Waals surface area contributed by atoms with E-state index in [0.717, 1.165) is 15.4 Å². The van der Waals surface area contributed by atoms with E-state index in [1.807, 2.05) is 29.9 Å². The number of aliphatic hydroxyl groups is 1. The van der Waals surface area contributed by atoms with Gasteiger partial charge in [-0.25, -0.2) is 4.79 Å². The van der Waals surface area contributed by atoms with Gasteiger partial charge in [-0.05, 0) is 28.9 Å². The highest BCUT2D eigenvalue weighted by molar-refractivity contribution is 9.10. The van der Waals surface area contributed by atoms with Gasteiger partial charge in [-0.3, -0.25) is 0 Å². The summed E-state index contributed by atoms with van der Waals surface area (Å²) in [5.74, 6) is -0.624. The molecule has 4 nitrogen and oxygen atoms in total. The number of aliphatic hydroxyl groups excluding tert-OH is 1. The Morgan fingerprint density at radius 2 is 2.28 bits per heavy atom. The van der Waals surface area contributed by atoms with Crippen LogP contribution < -0.4 is 0 Å². The summed E-state index contributed by atoms with van der Waals surface area (Å²) in [5.41, 5.74) is 1.50. The van der Waals surface area contributed by atoms with E-state index in [0.29, 0.717) is 5.56 Å². The quantitative estimate of drug-likeness (QED) is 0.886. The predicted molar refractivity (Wildman–Crippen MR) is 72.2 cm³/mol. The minimum absolute atomic E-state index is 0.252. The van der Waals surface area contributed by atoms with Gasteiger partial charge in [-0.2, -0.15) is 0 Å². The highest BCUT2D eigenvalue weighted by Crippen LogP contribution is 2.32. The first-order valence-corrected chi connectivity index (χ1v) is 6.43. The molecule has 1 aromatic carbocycles. The highest BCUT2D eigenvalue weighted by Gasteiger charge is 2.22. The number of esters is 1. The molecular weight excluding hydrogens is 298 g/mol. The second-order valence-electron chi connectivity index (χ2n) is 3.98. The summed E-state index contributed by atoms with van der Waals surface area (Å²) in [6.07, 6.45) is 0.638. The molecule has 0 fully saturated rings. The van der Waals surface area contributed by atoms with Gasteiger partial charge < -0.3 is 14.4 Å². The van der Waals surface area contributed by atoms with Crippen LogP contribution in [0.4, 0.5) is 0 Å². The van der Waals surface area contributed by atoms with Crippen LogP contribution in [0.1, 0.15) is 18.6 Å². The van der Waals surface area contributed by atoms with E-state index in [1.54, 1.807) is 13.0 Å². The molecule has 0 aliphatic rings. The fourth-order valence-electron chi connectivity index (χ4n) is 1.99. The highest BCUT2D eigenvalue weighted by atomic mass is 79.9. The third-order valence-corrected chi connectivity index (χ3v) is 3.41. The van der Waals surface area contributed by atoms with Crippen molar-refractivity contribution in [1.82, 2.24) is 4.57 Å². The zero-order valence-corrected chi connectivity index (χ0v) is 11.8. The normalized spacial score (nSPS) is 12.7. The van der Waals surface area contributed by atoms with Crippen LogP contribution in [0.25, 0.3) is 10.9 Å². The van der Waals surface area contributed by atoms with E-state index < -0.39 is 12.1 Å². The van der Waals surface area contributed by atoms with Crippen molar-refractivity contribution in [2.45, 2.75) is 13.0 Å². The number of fused-ring (bicyclic) bond motifs is 1. The Labute approximate surface area is 113 Å². The summed E-state index contributed by atoms with van der Waals surface area (Å²) in [6, 6.07) is 5.47. The zero-order valence-electron chi connectivity index (χ0n) is 10.2. The van der Waals surface area contributed by atoms with Crippen molar-refractivity contribution in [3.8, 4) is 0 Å². The van der Waals surface area contributed by atoms with Crippen LogP contribution in [0, 0.1) is 0 Å². The number of aryl methyl sites for hydroxylation is 1. The first kappa shape index (κ1) is 13.1. The van der Waals surface area contributed by atoms with Gasteiger partial charge in [-0.15, -0.1) is 0 Å². The maximum atomic E-state index is 11.6. The smallest absolute Gasteiger partial charge is 0.339 e. The van der Waals surface area contributed by atoms with Gasteiger partial charge in [0.25, 0.3) is 0 Å². The number of halogens is 1. The molecule has 1 heterocycles. The van der Waals surface area contributed by atoms with Gasteiger partial charge >= 0.3 is 5.97 Å². The van der Waals surface area contributed by atoms with Crippen molar-refractivity contribution in [2.75, 3.05) is 6.61 Å². The van der Waals surface area contributed by atoms with Crippen LogP contribution >= 0.6 is 15.9 Å². The standard InChI is InChI=1S/C13H14BrNO3/c1-3-18-13(17)12(16)8-5-4-6-10-11(8)9(14)7-15(10)2/h4-7,12,16H,3H2,1-2H3. The summed E-state index contributed by atoms with van der Waals surface area (Å²) >= 11 is 3.44. The lowest BCUT2D eigenvalue weighted by Crippen LogP contribution is -2.15. The second-order valence-corrected chi connectivity index (χ2v) is 4.84. The number of carbonyl (C=O) groups excluding carboxylic acids is 1. The van der Waals surface area contributed by atoms with Crippen LogP contribution in [-0.4, -0.2) is 22.2 Å². The summed E-state index contributed by atoms with van der Waals surface area (Å²) in [5, 5.41) is 10.9. The van der Waals surface area contributed by atoms with Gasteiger partial charge in [0.15, 0.2) is 6.10 Å². The largest absolute Gasteiger partial charge is 0.464 e. The average molecular weight is 312 g/mol.